The first-order valence-electron chi connectivity index (χ1n) is 8.72. The number of piperidine rings is 1. The molecule has 0 spiro atoms. The third kappa shape index (κ3) is 5.77. The van der Waals surface area contributed by atoms with Crippen molar-refractivity contribution in [3.05, 3.63) is 29.3 Å². The van der Waals surface area contributed by atoms with E-state index >= 15 is 0 Å². The van der Waals surface area contributed by atoms with Crippen LogP contribution in [-0.2, 0) is 17.5 Å². The summed E-state index contributed by atoms with van der Waals surface area (Å²) in [5, 5.41) is 3.00. The lowest BCUT2D eigenvalue weighted by Crippen LogP contribution is -2.47. The van der Waals surface area contributed by atoms with Crippen molar-refractivity contribution in [1.29, 1.82) is 0 Å². The molecule has 1 fully saturated rings. The number of rotatable bonds is 5. The molecule has 3 N–H and O–H groups in total. The maximum absolute atomic E-state index is 13.3. The Morgan fingerprint density at radius 3 is 2.78 bits per heavy atom. The van der Waals surface area contributed by atoms with Crippen molar-refractivity contribution in [2.75, 3.05) is 27.2 Å². The molecular weight excluding hydrogens is 361 g/mol. The number of benzene rings is 1. The highest BCUT2D eigenvalue weighted by atomic mass is 19.4. The molecule has 0 aliphatic carbocycles. The van der Waals surface area contributed by atoms with Crippen molar-refractivity contribution in [1.82, 2.24) is 10.2 Å². The maximum Gasteiger partial charge on any atom is 0.416 e. The van der Waals surface area contributed by atoms with Gasteiger partial charge in [0.05, 0.1) is 12.7 Å². The number of likely N-dealkylation sites (tertiary alicyclic amines) is 1. The summed E-state index contributed by atoms with van der Waals surface area (Å²) in [6.45, 7) is 1.30. The summed E-state index contributed by atoms with van der Waals surface area (Å²) in [6.07, 6.45) is -2.42. The number of guanidine groups is 1. The molecule has 27 heavy (non-hydrogen) atoms. The number of carbonyl (C=O) groups excluding carboxylic acids is 1. The van der Waals surface area contributed by atoms with Crippen LogP contribution in [0.2, 0.25) is 0 Å². The third-order valence-corrected chi connectivity index (χ3v) is 4.58. The van der Waals surface area contributed by atoms with Crippen molar-refractivity contribution in [2.45, 2.75) is 32.0 Å². The molecule has 1 atom stereocenters. The van der Waals surface area contributed by atoms with E-state index in [1.165, 1.54) is 19.2 Å². The fourth-order valence-corrected chi connectivity index (χ4v) is 3.32. The van der Waals surface area contributed by atoms with E-state index < -0.39 is 11.7 Å². The fraction of sp³-hybridized carbons (Fsp3) is 0.556. The predicted octanol–water partition coefficient (Wildman–Crippen LogP) is 2.38. The van der Waals surface area contributed by atoms with Crippen molar-refractivity contribution >= 4 is 11.9 Å². The van der Waals surface area contributed by atoms with E-state index in [-0.39, 0.29) is 29.7 Å². The van der Waals surface area contributed by atoms with Crippen LogP contribution >= 0.6 is 0 Å². The maximum atomic E-state index is 13.3. The number of halogens is 3. The van der Waals surface area contributed by atoms with Gasteiger partial charge < -0.3 is 20.7 Å². The van der Waals surface area contributed by atoms with Gasteiger partial charge in [-0.1, -0.05) is 6.07 Å². The molecule has 1 amide bonds. The van der Waals surface area contributed by atoms with Crippen LogP contribution in [0, 0.1) is 5.92 Å². The molecule has 1 unspecified atom stereocenters. The van der Waals surface area contributed by atoms with Gasteiger partial charge in [0.1, 0.15) is 5.75 Å². The number of ether oxygens (including phenoxy) is 1. The van der Waals surface area contributed by atoms with Crippen LogP contribution in [0.5, 0.6) is 5.75 Å². The molecule has 9 heteroatoms. The van der Waals surface area contributed by atoms with Gasteiger partial charge in [-0.25, -0.2) is 0 Å². The Balaban J connectivity index is 2.09. The summed E-state index contributed by atoms with van der Waals surface area (Å²) in [7, 11) is 2.91. The Kier molecular flexibility index (Phi) is 6.92. The van der Waals surface area contributed by atoms with Gasteiger partial charge in [-0.3, -0.25) is 9.79 Å². The van der Waals surface area contributed by atoms with Gasteiger partial charge in [-0.05, 0) is 36.5 Å². The zero-order chi connectivity index (χ0) is 20.0. The first kappa shape index (κ1) is 20.9. The average molecular weight is 386 g/mol. The highest BCUT2D eigenvalue weighted by molar-refractivity contribution is 5.80. The largest absolute Gasteiger partial charge is 0.497 e. The van der Waals surface area contributed by atoms with Crippen LogP contribution in [0.15, 0.2) is 23.2 Å². The second kappa shape index (κ2) is 8.96. The van der Waals surface area contributed by atoms with E-state index in [1.807, 2.05) is 4.90 Å². The summed E-state index contributed by atoms with van der Waals surface area (Å²) in [5.74, 6) is 0.438. The number of nitrogens with one attached hydrogen (secondary N) is 1. The van der Waals surface area contributed by atoms with Gasteiger partial charge in [-0.15, -0.1) is 0 Å². The minimum Gasteiger partial charge on any atom is -0.497 e. The fourth-order valence-electron chi connectivity index (χ4n) is 3.32. The molecule has 1 saturated heterocycles. The second-order valence-electron chi connectivity index (χ2n) is 6.55. The van der Waals surface area contributed by atoms with Crippen molar-refractivity contribution < 1.29 is 22.7 Å². The SMILES string of the molecule is CN=C(NCc1ccc(OC)cc1C(F)(F)F)N1CCCC(CC(N)=O)C1. The first-order valence-corrected chi connectivity index (χ1v) is 8.72. The van der Waals surface area contributed by atoms with Gasteiger partial charge in [0.25, 0.3) is 0 Å². The first-order chi connectivity index (χ1) is 12.7. The van der Waals surface area contributed by atoms with Gasteiger partial charge in [0.15, 0.2) is 5.96 Å². The molecule has 0 bridgehead atoms. The van der Waals surface area contributed by atoms with E-state index in [4.69, 9.17) is 10.5 Å². The summed E-state index contributed by atoms with van der Waals surface area (Å²) in [5.41, 5.74) is 4.64. The van der Waals surface area contributed by atoms with Gasteiger partial charge in [0, 0.05) is 33.1 Å². The van der Waals surface area contributed by atoms with E-state index in [2.05, 4.69) is 10.3 Å². The summed E-state index contributed by atoms with van der Waals surface area (Å²) < 4.78 is 44.9. The number of primary amides is 1. The Bertz CT molecular complexity index is 692. The quantitative estimate of drug-likeness (QED) is 0.602. The second-order valence-corrected chi connectivity index (χ2v) is 6.55. The molecule has 0 saturated carbocycles. The number of alkyl halides is 3. The third-order valence-electron chi connectivity index (χ3n) is 4.58. The molecule has 2 rings (SSSR count). The van der Waals surface area contributed by atoms with Crippen molar-refractivity contribution in [2.24, 2.45) is 16.6 Å². The minimum atomic E-state index is -4.48. The Morgan fingerprint density at radius 2 is 2.19 bits per heavy atom. The molecule has 0 radical (unpaired) electrons. The number of hydrogen-bond donors (Lipinski definition) is 2. The lowest BCUT2D eigenvalue weighted by Gasteiger charge is -2.34. The van der Waals surface area contributed by atoms with E-state index in [9.17, 15) is 18.0 Å². The summed E-state index contributed by atoms with van der Waals surface area (Å²) in [6, 6.07) is 3.89. The molecule has 0 aromatic heterocycles. The smallest absolute Gasteiger partial charge is 0.416 e. The normalized spacial score (nSPS) is 18.3. The Morgan fingerprint density at radius 1 is 1.44 bits per heavy atom. The molecular formula is C18H25F3N4O2. The highest BCUT2D eigenvalue weighted by Gasteiger charge is 2.34. The summed E-state index contributed by atoms with van der Waals surface area (Å²) in [4.78, 5) is 17.3. The van der Waals surface area contributed by atoms with E-state index in [1.54, 1.807) is 7.05 Å². The molecule has 1 aromatic carbocycles. The number of nitrogens with two attached hydrogens (primary N) is 1. The zero-order valence-corrected chi connectivity index (χ0v) is 15.5. The van der Waals surface area contributed by atoms with Crippen LogP contribution in [-0.4, -0.2) is 44.0 Å². The van der Waals surface area contributed by atoms with Gasteiger partial charge in [-0.2, -0.15) is 13.2 Å². The molecule has 1 aromatic rings. The number of methoxy groups -OCH3 is 1. The lowest BCUT2D eigenvalue weighted by atomic mass is 9.95. The minimum absolute atomic E-state index is 0.0253. The van der Waals surface area contributed by atoms with Crippen molar-refractivity contribution in [3.63, 3.8) is 0 Å². The predicted molar refractivity (Wildman–Crippen MR) is 96.3 cm³/mol. The molecule has 1 aliphatic heterocycles. The van der Waals surface area contributed by atoms with E-state index in [0.717, 1.165) is 25.5 Å². The summed E-state index contributed by atoms with van der Waals surface area (Å²) >= 11 is 0. The van der Waals surface area contributed by atoms with Crippen LogP contribution in [0.3, 0.4) is 0 Å². The number of hydrogen-bond acceptors (Lipinski definition) is 3. The zero-order valence-electron chi connectivity index (χ0n) is 15.5. The average Bonchev–Trinajstić information content (AvgIpc) is 2.61. The lowest BCUT2D eigenvalue weighted by molar-refractivity contribution is -0.138. The molecule has 150 valence electrons. The number of aliphatic imine (C=N–C) groups is 1. The van der Waals surface area contributed by atoms with E-state index in [0.29, 0.717) is 18.9 Å². The number of nitrogens with zero attached hydrogens (tertiary/aromatic N) is 2. The van der Waals surface area contributed by atoms with Crippen LogP contribution < -0.4 is 15.8 Å². The molecule has 6 nitrogen and oxygen atoms in total. The monoisotopic (exact) mass is 386 g/mol. The molecule has 1 aliphatic rings. The topological polar surface area (TPSA) is 80.0 Å². The van der Waals surface area contributed by atoms with Crippen LogP contribution in [0.1, 0.15) is 30.4 Å². The standard InChI is InChI=1S/C18H25F3N4O2/c1-23-17(25-7-3-4-12(11-25)8-16(22)26)24-10-13-5-6-14(27-2)9-15(13)18(19,20)21/h5-6,9,12H,3-4,7-8,10-11H2,1-2H3,(H2,22,26)(H,23,24). The highest BCUT2D eigenvalue weighted by Crippen LogP contribution is 2.34. The number of amides is 1. The number of carbonyl (C=O) groups is 1. The van der Waals surface area contributed by atoms with Crippen LogP contribution in [0.25, 0.3) is 0 Å². The van der Waals surface area contributed by atoms with Crippen LogP contribution in [0.4, 0.5) is 13.2 Å². The van der Waals surface area contributed by atoms with Gasteiger partial charge >= 0.3 is 6.18 Å². The Labute approximate surface area is 156 Å². The Hall–Kier alpha value is -2.45. The molecule has 1 heterocycles. The van der Waals surface area contributed by atoms with Gasteiger partial charge in [0.2, 0.25) is 5.91 Å². The van der Waals surface area contributed by atoms with Crippen molar-refractivity contribution in [3.8, 4) is 5.75 Å².